The van der Waals surface area contributed by atoms with Gasteiger partial charge in [-0.05, 0) is 57.5 Å². The molecular formula is C17H20N2OS. The SMILES string of the molecule is Cn1c(=O)[nH]c2c(CC(C)(C)C)cc(-c3ccsc3)cc21. The number of hydrogen-bond acceptors (Lipinski definition) is 2. The van der Waals surface area contributed by atoms with E-state index in [1.165, 1.54) is 16.7 Å². The van der Waals surface area contributed by atoms with Crippen LogP contribution in [-0.4, -0.2) is 9.55 Å². The van der Waals surface area contributed by atoms with E-state index in [2.05, 4.69) is 54.7 Å². The highest BCUT2D eigenvalue weighted by atomic mass is 32.1. The molecule has 21 heavy (non-hydrogen) atoms. The molecule has 0 radical (unpaired) electrons. The highest BCUT2D eigenvalue weighted by molar-refractivity contribution is 7.08. The molecule has 3 aromatic rings. The second-order valence-corrected chi connectivity index (χ2v) is 7.55. The molecule has 0 atom stereocenters. The highest BCUT2D eigenvalue weighted by Gasteiger charge is 2.17. The number of imidazole rings is 1. The zero-order valence-corrected chi connectivity index (χ0v) is 13.7. The van der Waals surface area contributed by atoms with Crippen molar-refractivity contribution in [3.63, 3.8) is 0 Å². The Morgan fingerprint density at radius 3 is 2.62 bits per heavy atom. The van der Waals surface area contributed by atoms with E-state index in [1.807, 2.05) is 7.05 Å². The zero-order chi connectivity index (χ0) is 15.2. The first-order chi connectivity index (χ1) is 9.85. The van der Waals surface area contributed by atoms with E-state index in [9.17, 15) is 4.79 Å². The van der Waals surface area contributed by atoms with Crippen molar-refractivity contribution in [1.82, 2.24) is 9.55 Å². The van der Waals surface area contributed by atoms with Gasteiger partial charge in [0.05, 0.1) is 11.0 Å². The van der Waals surface area contributed by atoms with Gasteiger partial charge in [0.1, 0.15) is 0 Å². The molecule has 1 aromatic carbocycles. The van der Waals surface area contributed by atoms with E-state index < -0.39 is 0 Å². The van der Waals surface area contributed by atoms with Crippen LogP contribution in [0, 0.1) is 5.41 Å². The summed E-state index contributed by atoms with van der Waals surface area (Å²) < 4.78 is 1.69. The van der Waals surface area contributed by atoms with E-state index in [4.69, 9.17) is 0 Å². The predicted octanol–water partition coefficient (Wildman–Crippen LogP) is 4.18. The monoisotopic (exact) mass is 300 g/mol. The third-order valence-corrected chi connectivity index (χ3v) is 4.36. The lowest BCUT2D eigenvalue weighted by Gasteiger charge is -2.19. The van der Waals surface area contributed by atoms with Crippen LogP contribution in [0.15, 0.2) is 33.8 Å². The van der Waals surface area contributed by atoms with Crippen molar-refractivity contribution in [2.45, 2.75) is 27.2 Å². The Bertz CT molecular complexity index is 832. The molecule has 0 saturated carbocycles. The summed E-state index contributed by atoms with van der Waals surface area (Å²) in [5, 5.41) is 4.23. The lowest BCUT2D eigenvalue weighted by Crippen LogP contribution is -2.11. The summed E-state index contributed by atoms with van der Waals surface area (Å²) in [6.45, 7) is 6.66. The van der Waals surface area contributed by atoms with Gasteiger partial charge in [-0.25, -0.2) is 4.79 Å². The van der Waals surface area contributed by atoms with Crippen molar-refractivity contribution in [2.75, 3.05) is 0 Å². The van der Waals surface area contributed by atoms with Crippen LogP contribution in [0.2, 0.25) is 0 Å². The maximum atomic E-state index is 12.0. The molecule has 0 unspecified atom stereocenters. The number of aromatic amines is 1. The predicted molar refractivity (Wildman–Crippen MR) is 90.0 cm³/mol. The van der Waals surface area contributed by atoms with Crippen LogP contribution in [0.4, 0.5) is 0 Å². The Morgan fingerprint density at radius 1 is 1.24 bits per heavy atom. The second kappa shape index (κ2) is 4.88. The number of aromatic nitrogens is 2. The molecule has 0 saturated heterocycles. The van der Waals surface area contributed by atoms with E-state index in [-0.39, 0.29) is 11.1 Å². The summed E-state index contributed by atoms with van der Waals surface area (Å²) in [5.41, 5.74) is 5.66. The van der Waals surface area contributed by atoms with Gasteiger partial charge >= 0.3 is 5.69 Å². The second-order valence-electron chi connectivity index (χ2n) is 6.77. The van der Waals surface area contributed by atoms with Gasteiger partial charge in [0, 0.05) is 7.05 Å². The molecule has 3 nitrogen and oxygen atoms in total. The number of aryl methyl sites for hydroxylation is 1. The minimum absolute atomic E-state index is 0.0531. The Morgan fingerprint density at radius 2 is 2.00 bits per heavy atom. The third kappa shape index (κ3) is 2.68. The number of hydrogen-bond donors (Lipinski definition) is 1. The molecule has 0 aliphatic heterocycles. The maximum absolute atomic E-state index is 12.0. The van der Waals surface area contributed by atoms with Crippen LogP contribution in [0.5, 0.6) is 0 Å². The molecule has 0 aliphatic rings. The summed E-state index contributed by atoms with van der Waals surface area (Å²) in [6, 6.07) is 6.44. The van der Waals surface area contributed by atoms with Crippen molar-refractivity contribution in [1.29, 1.82) is 0 Å². The highest BCUT2D eigenvalue weighted by Crippen LogP contribution is 2.31. The Kier molecular flexibility index (Phi) is 3.29. The summed E-state index contributed by atoms with van der Waals surface area (Å²) in [7, 11) is 1.82. The van der Waals surface area contributed by atoms with Gasteiger partial charge in [-0.15, -0.1) is 0 Å². The van der Waals surface area contributed by atoms with Crippen molar-refractivity contribution in [3.8, 4) is 11.1 Å². The van der Waals surface area contributed by atoms with Gasteiger partial charge in [-0.1, -0.05) is 20.8 Å². The fraction of sp³-hybridized carbons (Fsp3) is 0.353. The smallest absolute Gasteiger partial charge is 0.305 e. The molecule has 1 N–H and O–H groups in total. The first-order valence-electron chi connectivity index (χ1n) is 7.09. The first kappa shape index (κ1) is 14.1. The molecule has 0 amide bonds. The van der Waals surface area contributed by atoms with Gasteiger partial charge in [-0.2, -0.15) is 11.3 Å². The molecular weight excluding hydrogens is 280 g/mol. The number of nitrogens with one attached hydrogen (secondary N) is 1. The zero-order valence-electron chi connectivity index (χ0n) is 12.9. The number of thiophene rings is 1. The fourth-order valence-electron chi connectivity index (χ4n) is 2.70. The van der Waals surface area contributed by atoms with Gasteiger partial charge in [0.2, 0.25) is 0 Å². The molecule has 2 heterocycles. The molecule has 0 spiro atoms. The van der Waals surface area contributed by atoms with Crippen LogP contribution in [0.3, 0.4) is 0 Å². The molecule has 4 heteroatoms. The van der Waals surface area contributed by atoms with E-state index >= 15 is 0 Å². The number of fused-ring (bicyclic) bond motifs is 1. The Hall–Kier alpha value is -1.81. The summed E-state index contributed by atoms with van der Waals surface area (Å²) in [4.78, 5) is 15.0. The van der Waals surface area contributed by atoms with Crippen molar-refractivity contribution in [3.05, 3.63) is 45.0 Å². The number of nitrogens with zero attached hydrogens (tertiary/aromatic N) is 1. The minimum atomic E-state index is -0.0531. The number of H-pyrrole nitrogens is 1. The number of benzene rings is 1. The van der Waals surface area contributed by atoms with Gasteiger partial charge in [-0.3, -0.25) is 4.57 Å². The average molecular weight is 300 g/mol. The van der Waals surface area contributed by atoms with Gasteiger partial charge < -0.3 is 4.98 Å². The summed E-state index contributed by atoms with van der Waals surface area (Å²) >= 11 is 1.69. The lowest BCUT2D eigenvalue weighted by molar-refractivity contribution is 0.412. The number of rotatable bonds is 2. The van der Waals surface area contributed by atoms with Gasteiger partial charge in [0.15, 0.2) is 0 Å². The molecule has 0 fully saturated rings. The topological polar surface area (TPSA) is 37.8 Å². The van der Waals surface area contributed by atoms with Crippen LogP contribution in [0.25, 0.3) is 22.2 Å². The summed E-state index contributed by atoms with van der Waals surface area (Å²) in [6.07, 6.45) is 0.932. The molecule has 110 valence electrons. The van der Waals surface area contributed by atoms with Crippen LogP contribution >= 0.6 is 11.3 Å². The third-order valence-electron chi connectivity index (χ3n) is 3.67. The van der Waals surface area contributed by atoms with Crippen LogP contribution in [0.1, 0.15) is 26.3 Å². The van der Waals surface area contributed by atoms with Crippen molar-refractivity contribution < 1.29 is 0 Å². The summed E-state index contributed by atoms with van der Waals surface area (Å²) in [5.74, 6) is 0. The lowest BCUT2D eigenvalue weighted by atomic mass is 9.86. The van der Waals surface area contributed by atoms with Crippen molar-refractivity contribution in [2.24, 2.45) is 12.5 Å². The first-order valence-corrected chi connectivity index (χ1v) is 8.04. The van der Waals surface area contributed by atoms with E-state index in [0.717, 1.165) is 17.5 Å². The molecule has 0 aliphatic carbocycles. The van der Waals surface area contributed by atoms with Crippen LogP contribution in [-0.2, 0) is 13.5 Å². The van der Waals surface area contributed by atoms with Crippen molar-refractivity contribution >= 4 is 22.4 Å². The van der Waals surface area contributed by atoms with Gasteiger partial charge in [0.25, 0.3) is 0 Å². The van der Waals surface area contributed by atoms with E-state index in [0.29, 0.717) is 0 Å². The standard InChI is InChI=1S/C17H20N2OS/c1-17(2,3)9-13-7-12(11-5-6-21-10-11)8-14-15(13)18-16(20)19(14)4/h5-8,10H,9H2,1-4H3,(H,18,20). The maximum Gasteiger partial charge on any atom is 0.326 e. The largest absolute Gasteiger partial charge is 0.326 e. The molecule has 3 rings (SSSR count). The fourth-order valence-corrected chi connectivity index (χ4v) is 3.37. The van der Waals surface area contributed by atoms with E-state index in [1.54, 1.807) is 15.9 Å². The quantitative estimate of drug-likeness (QED) is 0.757. The Labute approximate surface area is 128 Å². The molecule has 0 bridgehead atoms. The molecule has 2 aromatic heterocycles. The van der Waals surface area contributed by atoms with Crippen LogP contribution < -0.4 is 5.69 Å². The average Bonchev–Trinajstić information content (AvgIpc) is 2.99. The normalized spacial score (nSPS) is 12.2. The minimum Gasteiger partial charge on any atom is -0.305 e. The Balaban J connectivity index is 2.28.